The van der Waals surface area contributed by atoms with Crippen LogP contribution in [-0.2, 0) is 32.7 Å². The third kappa shape index (κ3) is 1.80. The Bertz CT molecular complexity index is 677. The van der Waals surface area contributed by atoms with Crippen LogP contribution in [0.2, 0.25) is 0 Å². The molecular weight excluding hydrogens is 270 g/mol. The number of nitrogens with zero attached hydrogens (tertiary/aromatic N) is 2. The number of thiophene rings is 1. The monoisotopic (exact) mass is 287 g/mol. The zero-order chi connectivity index (χ0) is 13.7. The highest BCUT2D eigenvalue weighted by Crippen LogP contribution is 2.32. The van der Waals surface area contributed by atoms with Gasteiger partial charge in [0.1, 0.15) is 5.82 Å². The van der Waals surface area contributed by atoms with Gasteiger partial charge in [-0.2, -0.15) is 5.10 Å². The predicted octanol–water partition coefficient (Wildman–Crippen LogP) is 2.71. The minimum absolute atomic E-state index is 0.0158. The molecule has 2 heterocycles. The Hall–Kier alpha value is -1.62. The van der Waals surface area contributed by atoms with E-state index >= 15 is 0 Å². The molecule has 0 unspecified atom stereocenters. The number of fused-ring (bicyclic) bond motifs is 2. The molecule has 1 amide bonds. The van der Waals surface area contributed by atoms with Crippen molar-refractivity contribution in [2.45, 2.75) is 38.5 Å². The van der Waals surface area contributed by atoms with E-state index in [9.17, 15) is 4.79 Å². The molecule has 0 radical (unpaired) electrons. The molecule has 2 aliphatic carbocycles. The molecule has 2 aromatic heterocycles. The van der Waals surface area contributed by atoms with Gasteiger partial charge in [0.2, 0.25) is 0 Å². The number of anilines is 1. The normalized spacial score (nSPS) is 16.2. The van der Waals surface area contributed by atoms with E-state index in [2.05, 4.69) is 16.5 Å². The molecule has 0 saturated heterocycles. The zero-order valence-electron chi connectivity index (χ0n) is 11.5. The second kappa shape index (κ2) is 4.45. The van der Waals surface area contributed by atoms with E-state index in [1.165, 1.54) is 22.4 Å². The lowest BCUT2D eigenvalue weighted by atomic mass is 10.2. The van der Waals surface area contributed by atoms with E-state index in [-0.39, 0.29) is 5.91 Å². The highest BCUT2D eigenvalue weighted by Gasteiger charge is 2.24. The highest BCUT2D eigenvalue weighted by molar-refractivity contribution is 7.14. The first-order chi connectivity index (χ1) is 9.72. The van der Waals surface area contributed by atoms with Gasteiger partial charge in [-0.3, -0.25) is 9.48 Å². The van der Waals surface area contributed by atoms with Gasteiger partial charge in [-0.05, 0) is 50.2 Å². The summed E-state index contributed by atoms with van der Waals surface area (Å²) >= 11 is 1.65. The van der Waals surface area contributed by atoms with Crippen LogP contribution in [0.4, 0.5) is 5.82 Å². The molecule has 2 aliphatic rings. The SMILES string of the molecule is Cn1nc2c(c1NC(=O)c1cc3c(s1)CCC3)CCC2. The lowest BCUT2D eigenvalue weighted by Gasteiger charge is -2.06. The summed E-state index contributed by atoms with van der Waals surface area (Å²) in [4.78, 5) is 14.7. The van der Waals surface area contributed by atoms with Crippen molar-refractivity contribution in [3.8, 4) is 0 Å². The summed E-state index contributed by atoms with van der Waals surface area (Å²) in [5.74, 6) is 0.901. The summed E-state index contributed by atoms with van der Waals surface area (Å²) in [5, 5.41) is 7.56. The summed E-state index contributed by atoms with van der Waals surface area (Å²) in [7, 11) is 1.91. The van der Waals surface area contributed by atoms with Crippen molar-refractivity contribution in [2.75, 3.05) is 5.32 Å². The number of nitrogens with one attached hydrogen (secondary N) is 1. The minimum atomic E-state index is 0.0158. The van der Waals surface area contributed by atoms with Gasteiger partial charge < -0.3 is 5.32 Å². The van der Waals surface area contributed by atoms with Crippen molar-refractivity contribution in [3.63, 3.8) is 0 Å². The first kappa shape index (κ1) is 12.1. The van der Waals surface area contributed by atoms with E-state index in [0.717, 1.165) is 48.5 Å². The summed E-state index contributed by atoms with van der Waals surface area (Å²) in [5.41, 5.74) is 3.75. The van der Waals surface area contributed by atoms with Crippen LogP contribution in [0.3, 0.4) is 0 Å². The first-order valence-electron chi connectivity index (χ1n) is 7.20. The standard InChI is InChI=1S/C15H17N3OS/c1-18-14(10-5-3-6-11(10)17-18)16-15(19)13-8-9-4-2-7-12(9)20-13/h8H,2-7H2,1H3,(H,16,19). The van der Waals surface area contributed by atoms with Crippen LogP contribution in [0.15, 0.2) is 6.07 Å². The van der Waals surface area contributed by atoms with Gasteiger partial charge >= 0.3 is 0 Å². The second-order valence-corrected chi connectivity index (χ2v) is 6.75. The predicted molar refractivity (Wildman–Crippen MR) is 79.5 cm³/mol. The van der Waals surface area contributed by atoms with Gasteiger partial charge in [0.15, 0.2) is 0 Å². The number of carbonyl (C=O) groups is 1. The van der Waals surface area contributed by atoms with Crippen LogP contribution in [-0.4, -0.2) is 15.7 Å². The van der Waals surface area contributed by atoms with Crippen LogP contribution in [0, 0.1) is 0 Å². The summed E-state index contributed by atoms with van der Waals surface area (Å²) in [6.07, 6.45) is 6.70. The smallest absolute Gasteiger partial charge is 0.266 e. The van der Waals surface area contributed by atoms with Crippen LogP contribution in [0.25, 0.3) is 0 Å². The van der Waals surface area contributed by atoms with Gasteiger partial charge in [-0.1, -0.05) is 0 Å². The molecule has 4 rings (SSSR count). The number of hydrogen-bond acceptors (Lipinski definition) is 3. The molecule has 0 aromatic carbocycles. The molecule has 0 aliphatic heterocycles. The molecule has 0 saturated carbocycles. The van der Waals surface area contributed by atoms with Gasteiger partial charge in [-0.25, -0.2) is 0 Å². The number of rotatable bonds is 2. The molecule has 2 aromatic rings. The van der Waals surface area contributed by atoms with Crippen molar-refractivity contribution in [3.05, 3.63) is 32.6 Å². The van der Waals surface area contributed by atoms with Crippen LogP contribution >= 0.6 is 11.3 Å². The number of hydrogen-bond donors (Lipinski definition) is 1. The molecule has 104 valence electrons. The Kier molecular flexibility index (Phi) is 2.70. The average molecular weight is 287 g/mol. The molecule has 1 N–H and O–H groups in total. The van der Waals surface area contributed by atoms with E-state index in [4.69, 9.17) is 0 Å². The van der Waals surface area contributed by atoms with Crippen molar-refractivity contribution < 1.29 is 4.79 Å². The molecular formula is C15H17N3OS. The topological polar surface area (TPSA) is 46.9 Å². The molecule has 0 fully saturated rings. The van der Waals surface area contributed by atoms with E-state index in [1.807, 2.05) is 11.7 Å². The van der Waals surface area contributed by atoms with Crippen molar-refractivity contribution in [1.82, 2.24) is 9.78 Å². The fourth-order valence-corrected chi connectivity index (χ4v) is 4.43. The second-order valence-electron chi connectivity index (χ2n) is 5.62. The lowest BCUT2D eigenvalue weighted by molar-refractivity contribution is 0.102. The Morgan fingerprint density at radius 1 is 1.30 bits per heavy atom. The summed E-state index contributed by atoms with van der Waals surface area (Å²) in [6.45, 7) is 0. The maximum absolute atomic E-state index is 12.4. The first-order valence-corrected chi connectivity index (χ1v) is 8.01. The van der Waals surface area contributed by atoms with Crippen LogP contribution < -0.4 is 5.32 Å². The molecule has 0 bridgehead atoms. The lowest BCUT2D eigenvalue weighted by Crippen LogP contribution is -2.14. The maximum Gasteiger partial charge on any atom is 0.266 e. The number of aryl methyl sites for hydroxylation is 4. The highest BCUT2D eigenvalue weighted by atomic mass is 32.1. The quantitative estimate of drug-likeness (QED) is 0.923. The van der Waals surface area contributed by atoms with E-state index in [0.29, 0.717) is 0 Å². The fourth-order valence-electron chi connectivity index (χ4n) is 3.29. The Balaban J connectivity index is 1.61. The maximum atomic E-state index is 12.4. The number of carbonyl (C=O) groups excluding carboxylic acids is 1. The van der Waals surface area contributed by atoms with Crippen molar-refractivity contribution in [1.29, 1.82) is 0 Å². The molecule has 0 atom stereocenters. The zero-order valence-corrected chi connectivity index (χ0v) is 12.3. The molecule has 0 spiro atoms. The third-order valence-corrected chi connectivity index (χ3v) is 5.51. The van der Waals surface area contributed by atoms with Crippen LogP contribution in [0.5, 0.6) is 0 Å². The molecule has 5 heteroatoms. The average Bonchev–Trinajstić information content (AvgIpc) is 3.11. The van der Waals surface area contributed by atoms with Gasteiger partial charge in [0, 0.05) is 17.5 Å². The minimum Gasteiger partial charge on any atom is -0.306 e. The Labute approximate surface area is 121 Å². The Morgan fingerprint density at radius 3 is 3.00 bits per heavy atom. The van der Waals surface area contributed by atoms with Crippen molar-refractivity contribution in [2.24, 2.45) is 7.05 Å². The van der Waals surface area contributed by atoms with Gasteiger partial charge in [0.05, 0.1) is 10.6 Å². The van der Waals surface area contributed by atoms with Gasteiger partial charge in [-0.15, -0.1) is 11.3 Å². The number of amides is 1. The summed E-state index contributed by atoms with van der Waals surface area (Å²) in [6, 6.07) is 2.07. The largest absolute Gasteiger partial charge is 0.306 e. The third-order valence-electron chi connectivity index (χ3n) is 4.27. The summed E-state index contributed by atoms with van der Waals surface area (Å²) < 4.78 is 1.81. The van der Waals surface area contributed by atoms with Gasteiger partial charge in [0.25, 0.3) is 5.91 Å². The van der Waals surface area contributed by atoms with Crippen LogP contribution in [0.1, 0.15) is 44.2 Å². The Morgan fingerprint density at radius 2 is 2.15 bits per heavy atom. The molecule has 20 heavy (non-hydrogen) atoms. The fraction of sp³-hybridized carbons (Fsp3) is 0.467. The number of aromatic nitrogens is 2. The molecule has 4 nitrogen and oxygen atoms in total. The van der Waals surface area contributed by atoms with E-state index in [1.54, 1.807) is 11.3 Å². The van der Waals surface area contributed by atoms with E-state index < -0.39 is 0 Å². The van der Waals surface area contributed by atoms with Crippen molar-refractivity contribution >= 4 is 23.1 Å².